The molecule has 5 N–H and O–H groups in total. The van der Waals surface area contributed by atoms with Gasteiger partial charge >= 0.3 is 0 Å². The Kier molecular flexibility index (Phi) is 4.28. The van der Waals surface area contributed by atoms with Crippen molar-refractivity contribution in [3.63, 3.8) is 0 Å². The summed E-state index contributed by atoms with van der Waals surface area (Å²) < 4.78 is 0. The number of primary amides is 2. The Labute approximate surface area is 71.5 Å². The molecule has 12 heavy (non-hydrogen) atoms. The standard InChI is InChI=1S/C7H15N3O2/c1-4(2)10-5(7(9)12)3-6(8)11/h4-5,10H,3H2,1-2H3,(H2,8,11)(H2,9,12)/t5-/m1/s1. The Morgan fingerprint density at radius 1 is 1.33 bits per heavy atom. The third-order valence-corrected chi connectivity index (χ3v) is 1.28. The molecular formula is C7H15N3O2. The third kappa shape index (κ3) is 4.68. The highest BCUT2D eigenvalue weighted by Crippen LogP contribution is 1.92. The molecule has 0 aromatic rings. The number of nitrogens with one attached hydrogen (secondary N) is 1. The molecule has 0 rings (SSSR count). The number of hydrogen-bond donors (Lipinski definition) is 3. The van der Waals surface area contributed by atoms with Crippen molar-refractivity contribution in [1.29, 1.82) is 0 Å². The second-order valence-corrected chi connectivity index (χ2v) is 2.95. The van der Waals surface area contributed by atoms with E-state index < -0.39 is 17.9 Å². The quantitative estimate of drug-likeness (QED) is 0.482. The Bertz CT molecular complexity index is 179. The Morgan fingerprint density at radius 3 is 2.08 bits per heavy atom. The predicted molar refractivity (Wildman–Crippen MR) is 45.1 cm³/mol. The van der Waals surface area contributed by atoms with Gasteiger partial charge in [0.2, 0.25) is 11.8 Å². The summed E-state index contributed by atoms with van der Waals surface area (Å²) in [5.74, 6) is -1.09. The average molecular weight is 173 g/mol. The van der Waals surface area contributed by atoms with Crippen LogP contribution in [0.25, 0.3) is 0 Å². The molecule has 0 radical (unpaired) electrons. The molecule has 5 heteroatoms. The zero-order valence-electron chi connectivity index (χ0n) is 7.33. The van der Waals surface area contributed by atoms with Crippen molar-refractivity contribution in [2.45, 2.75) is 32.4 Å². The first-order valence-corrected chi connectivity index (χ1v) is 3.77. The van der Waals surface area contributed by atoms with E-state index in [9.17, 15) is 9.59 Å². The van der Waals surface area contributed by atoms with Gasteiger partial charge in [0.05, 0.1) is 12.5 Å². The van der Waals surface area contributed by atoms with Crippen molar-refractivity contribution in [2.75, 3.05) is 0 Å². The van der Waals surface area contributed by atoms with E-state index in [1.807, 2.05) is 13.8 Å². The van der Waals surface area contributed by atoms with Gasteiger partial charge in [-0.1, -0.05) is 13.8 Å². The second-order valence-electron chi connectivity index (χ2n) is 2.95. The van der Waals surface area contributed by atoms with Gasteiger partial charge in [-0.3, -0.25) is 9.59 Å². The highest BCUT2D eigenvalue weighted by molar-refractivity contribution is 5.86. The summed E-state index contributed by atoms with van der Waals surface area (Å²) in [4.78, 5) is 21.2. The van der Waals surface area contributed by atoms with Crippen LogP contribution in [0.3, 0.4) is 0 Å². The lowest BCUT2D eigenvalue weighted by atomic mass is 10.1. The van der Waals surface area contributed by atoms with E-state index in [1.165, 1.54) is 0 Å². The Hall–Kier alpha value is -1.10. The van der Waals surface area contributed by atoms with E-state index in [0.29, 0.717) is 0 Å². The Morgan fingerprint density at radius 2 is 1.83 bits per heavy atom. The van der Waals surface area contributed by atoms with Crippen LogP contribution in [0, 0.1) is 0 Å². The maximum atomic E-state index is 10.7. The monoisotopic (exact) mass is 173 g/mol. The van der Waals surface area contributed by atoms with Gasteiger partial charge in [0.25, 0.3) is 0 Å². The molecule has 0 heterocycles. The summed E-state index contributed by atoms with van der Waals surface area (Å²) in [6, 6.07) is -0.552. The molecule has 0 aromatic heterocycles. The van der Waals surface area contributed by atoms with Crippen LogP contribution in [0.1, 0.15) is 20.3 Å². The minimum atomic E-state index is -0.650. The summed E-state index contributed by atoms with van der Waals surface area (Å²) in [5.41, 5.74) is 9.94. The molecule has 0 bridgehead atoms. The lowest BCUT2D eigenvalue weighted by Gasteiger charge is -2.16. The van der Waals surface area contributed by atoms with Gasteiger partial charge in [-0.25, -0.2) is 0 Å². The first kappa shape index (κ1) is 10.9. The van der Waals surface area contributed by atoms with Crippen LogP contribution in [-0.4, -0.2) is 23.9 Å². The number of carbonyl (C=O) groups excluding carboxylic acids is 2. The van der Waals surface area contributed by atoms with E-state index in [4.69, 9.17) is 11.5 Å². The van der Waals surface area contributed by atoms with Gasteiger partial charge in [0.15, 0.2) is 0 Å². The zero-order valence-corrected chi connectivity index (χ0v) is 7.33. The molecule has 0 spiro atoms. The lowest BCUT2D eigenvalue weighted by Crippen LogP contribution is -2.46. The van der Waals surface area contributed by atoms with E-state index >= 15 is 0 Å². The SMILES string of the molecule is CC(C)N[C@H](CC(N)=O)C(N)=O. The van der Waals surface area contributed by atoms with Crippen LogP contribution < -0.4 is 16.8 Å². The van der Waals surface area contributed by atoms with Gasteiger partial charge < -0.3 is 16.8 Å². The molecule has 0 aliphatic rings. The molecule has 1 atom stereocenters. The molecule has 0 aromatic carbocycles. The number of amides is 2. The summed E-state index contributed by atoms with van der Waals surface area (Å²) >= 11 is 0. The normalized spacial score (nSPS) is 12.9. The smallest absolute Gasteiger partial charge is 0.235 e. The highest BCUT2D eigenvalue weighted by Gasteiger charge is 2.17. The van der Waals surface area contributed by atoms with Gasteiger partial charge in [-0.15, -0.1) is 0 Å². The van der Waals surface area contributed by atoms with E-state index in [0.717, 1.165) is 0 Å². The number of hydrogen-bond acceptors (Lipinski definition) is 3. The molecule has 0 saturated carbocycles. The molecule has 0 aliphatic heterocycles. The van der Waals surface area contributed by atoms with Crippen molar-refractivity contribution in [3.05, 3.63) is 0 Å². The molecule has 70 valence electrons. The van der Waals surface area contributed by atoms with Crippen molar-refractivity contribution < 1.29 is 9.59 Å². The summed E-state index contributed by atoms with van der Waals surface area (Å²) in [5, 5.41) is 2.84. The predicted octanol–water partition coefficient (Wildman–Crippen LogP) is -1.29. The molecule has 0 fully saturated rings. The fourth-order valence-corrected chi connectivity index (χ4v) is 0.845. The maximum absolute atomic E-state index is 10.7. The topological polar surface area (TPSA) is 98.2 Å². The van der Waals surface area contributed by atoms with Crippen LogP contribution in [0.5, 0.6) is 0 Å². The van der Waals surface area contributed by atoms with Crippen LogP contribution >= 0.6 is 0 Å². The molecular weight excluding hydrogens is 158 g/mol. The number of nitrogens with two attached hydrogens (primary N) is 2. The summed E-state index contributed by atoms with van der Waals surface area (Å²) in [6.45, 7) is 3.72. The largest absolute Gasteiger partial charge is 0.370 e. The number of carbonyl (C=O) groups is 2. The van der Waals surface area contributed by atoms with Crippen molar-refractivity contribution in [3.8, 4) is 0 Å². The van der Waals surface area contributed by atoms with Crippen LogP contribution in [0.4, 0.5) is 0 Å². The van der Waals surface area contributed by atoms with E-state index in [-0.39, 0.29) is 12.5 Å². The molecule has 5 nitrogen and oxygen atoms in total. The maximum Gasteiger partial charge on any atom is 0.235 e. The molecule has 0 unspecified atom stereocenters. The molecule has 2 amide bonds. The van der Waals surface area contributed by atoms with Crippen molar-refractivity contribution in [2.24, 2.45) is 11.5 Å². The first-order chi connectivity index (χ1) is 5.43. The zero-order chi connectivity index (χ0) is 9.72. The van der Waals surface area contributed by atoms with Crippen LogP contribution in [0.15, 0.2) is 0 Å². The van der Waals surface area contributed by atoms with E-state index in [1.54, 1.807) is 0 Å². The summed E-state index contributed by atoms with van der Waals surface area (Å²) in [7, 11) is 0. The van der Waals surface area contributed by atoms with Gasteiger partial charge in [-0.2, -0.15) is 0 Å². The molecule has 0 saturated heterocycles. The fourth-order valence-electron chi connectivity index (χ4n) is 0.845. The van der Waals surface area contributed by atoms with Crippen LogP contribution in [0.2, 0.25) is 0 Å². The third-order valence-electron chi connectivity index (χ3n) is 1.28. The summed E-state index contributed by atoms with van der Waals surface area (Å²) in [6.07, 6.45) is -0.0481. The molecule has 0 aliphatic carbocycles. The van der Waals surface area contributed by atoms with E-state index in [2.05, 4.69) is 5.32 Å². The average Bonchev–Trinajstić information content (AvgIpc) is 1.83. The minimum absolute atomic E-state index is 0.0481. The van der Waals surface area contributed by atoms with Gasteiger partial charge in [0.1, 0.15) is 0 Å². The number of rotatable bonds is 5. The van der Waals surface area contributed by atoms with Gasteiger partial charge in [-0.05, 0) is 0 Å². The minimum Gasteiger partial charge on any atom is -0.370 e. The second kappa shape index (κ2) is 4.71. The highest BCUT2D eigenvalue weighted by atomic mass is 16.2. The first-order valence-electron chi connectivity index (χ1n) is 3.77. The Balaban J connectivity index is 4.04. The van der Waals surface area contributed by atoms with Crippen molar-refractivity contribution >= 4 is 11.8 Å². The van der Waals surface area contributed by atoms with Gasteiger partial charge in [0, 0.05) is 6.04 Å². The van der Waals surface area contributed by atoms with Crippen molar-refractivity contribution in [1.82, 2.24) is 5.32 Å². The van der Waals surface area contributed by atoms with Crippen LogP contribution in [-0.2, 0) is 9.59 Å². The fraction of sp³-hybridized carbons (Fsp3) is 0.714. The lowest BCUT2D eigenvalue weighted by molar-refractivity contribution is -0.125.